The van der Waals surface area contributed by atoms with Crippen LogP contribution in [0.2, 0.25) is 0 Å². The second-order valence-corrected chi connectivity index (χ2v) is 7.52. The minimum atomic E-state index is -3.21. The Morgan fingerprint density at radius 3 is 2.80 bits per heavy atom. The Bertz CT molecular complexity index is 432. The Morgan fingerprint density at radius 2 is 2.15 bits per heavy atom. The molecular weight excluding hydrogens is 280 g/mol. The Hall–Kier alpha value is -0.660. The van der Waals surface area contributed by atoms with Gasteiger partial charge in [0, 0.05) is 32.2 Å². The predicted octanol–water partition coefficient (Wildman–Crippen LogP) is 0.486. The van der Waals surface area contributed by atoms with Crippen molar-refractivity contribution in [2.24, 2.45) is 0 Å². The summed E-state index contributed by atoms with van der Waals surface area (Å²) in [5.41, 5.74) is 0. The van der Waals surface area contributed by atoms with Crippen molar-refractivity contribution < 1.29 is 17.9 Å². The molecule has 0 saturated carbocycles. The lowest BCUT2D eigenvalue weighted by Crippen LogP contribution is -2.49. The number of sulfonamides is 1. The summed E-state index contributed by atoms with van der Waals surface area (Å²) >= 11 is 0. The fourth-order valence-electron chi connectivity index (χ4n) is 2.92. The van der Waals surface area contributed by atoms with Gasteiger partial charge in [-0.05, 0) is 32.1 Å². The highest BCUT2D eigenvalue weighted by Crippen LogP contribution is 2.18. The van der Waals surface area contributed by atoms with Crippen molar-refractivity contribution in [3.63, 3.8) is 0 Å². The minimum absolute atomic E-state index is 0.112. The van der Waals surface area contributed by atoms with E-state index in [9.17, 15) is 13.2 Å². The maximum absolute atomic E-state index is 12.2. The number of carbonyl (C=O) groups excluding carboxylic acids is 1. The lowest BCUT2D eigenvalue weighted by molar-refractivity contribution is -0.133. The first kappa shape index (κ1) is 15.7. The van der Waals surface area contributed by atoms with Crippen molar-refractivity contribution in [2.75, 3.05) is 26.0 Å². The van der Waals surface area contributed by atoms with Gasteiger partial charge in [-0.15, -0.1) is 0 Å². The van der Waals surface area contributed by atoms with Crippen LogP contribution >= 0.6 is 0 Å². The van der Waals surface area contributed by atoms with Crippen LogP contribution in [0.4, 0.5) is 0 Å². The van der Waals surface area contributed by atoms with E-state index in [4.69, 9.17) is 4.74 Å². The van der Waals surface area contributed by atoms with E-state index in [1.807, 2.05) is 0 Å². The summed E-state index contributed by atoms with van der Waals surface area (Å²) in [5, 5.41) is 0. The molecule has 2 heterocycles. The molecule has 0 unspecified atom stereocenters. The molecule has 2 saturated heterocycles. The van der Waals surface area contributed by atoms with Gasteiger partial charge in [0.15, 0.2) is 0 Å². The van der Waals surface area contributed by atoms with Gasteiger partial charge in [-0.25, -0.2) is 13.1 Å². The van der Waals surface area contributed by atoms with Gasteiger partial charge in [0.05, 0.1) is 12.4 Å². The molecule has 2 rings (SSSR count). The fourth-order valence-corrected chi connectivity index (χ4v) is 3.72. The predicted molar refractivity (Wildman–Crippen MR) is 75.8 cm³/mol. The average Bonchev–Trinajstić information content (AvgIpc) is 2.87. The quantitative estimate of drug-likeness (QED) is 0.802. The van der Waals surface area contributed by atoms with E-state index in [1.165, 1.54) is 0 Å². The van der Waals surface area contributed by atoms with E-state index in [-0.39, 0.29) is 18.1 Å². The highest BCUT2D eigenvalue weighted by Gasteiger charge is 2.26. The van der Waals surface area contributed by atoms with Crippen molar-refractivity contribution in [1.82, 2.24) is 9.62 Å². The van der Waals surface area contributed by atoms with Gasteiger partial charge >= 0.3 is 0 Å². The smallest absolute Gasteiger partial charge is 0.222 e. The van der Waals surface area contributed by atoms with E-state index in [2.05, 4.69) is 4.72 Å². The Balaban J connectivity index is 1.77. The SMILES string of the molecule is CS(=O)(=O)N[C@@H]1CCCN(C(=O)CC[C@H]2CCCO2)C1. The zero-order valence-electron chi connectivity index (χ0n) is 12.0. The molecule has 6 nitrogen and oxygen atoms in total. The molecular formula is C13H24N2O4S. The van der Waals surface area contributed by atoms with Crippen LogP contribution in [0.25, 0.3) is 0 Å². The number of nitrogens with one attached hydrogen (secondary N) is 1. The summed E-state index contributed by atoms with van der Waals surface area (Å²) in [7, 11) is -3.21. The van der Waals surface area contributed by atoms with Gasteiger partial charge in [0.1, 0.15) is 0 Å². The molecule has 20 heavy (non-hydrogen) atoms. The average molecular weight is 304 g/mol. The number of amides is 1. The summed E-state index contributed by atoms with van der Waals surface area (Å²) in [5.74, 6) is 0.112. The van der Waals surface area contributed by atoms with Crippen LogP contribution in [-0.4, -0.2) is 57.3 Å². The Morgan fingerprint density at radius 1 is 1.35 bits per heavy atom. The maximum atomic E-state index is 12.2. The molecule has 116 valence electrons. The topological polar surface area (TPSA) is 75.7 Å². The minimum Gasteiger partial charge on any atom is -0.378 e. The molecule has 0 bridgehead atoms. The molecule has 2 fully saturated rings. The van der Waals surface area contributed by atoms with Gasteiger partial charge in [-0.3, -0.25) is 4.79 Å². The van der Waals surface area contributed by atoms with Crippen LogP contribution in [-0.2, 0) is 19.6 Å². The molecule has 2 aliphatic rings. The molecule has 7 heteroatoms. The van der Waals surface area contributed by atoms with Gasteiger partial charge in [-0.2, -0.15) is 0 Å². The molecule has 0 radical (unpaired) electrons. The van der Waals surface area contributed by atoms with Crippen molar-refractivity contribution in [3.8, 4) is 0 Å². The molecule has 0 aromatic rings. The summed E-state index contributed by atoms with van der Waals surface area (Å²) in [6.45, 7) is 2.02. The van der Waals surface area contributed by atoms with Gasteiger partial charge < -0.3 is 9.64 Å². The number of ether oxygens (including phenoxy) is 1. The zero-order chi connectivity index (χ0) is 14.6. The van der Waals surface area contributed by atoms with E-state index in [1.54, 1.807) is 4.90 Å². The largest absolute Gasteiger partial charge is 0.378 e. The highest BCUT2D eigenvalue weighted by molar-refractivity contribution is 7.88. The molecule has 0 spiro atoms. The number of nitrogens with zero attached hydrogens (tertiary/aromatic N) is 1. The van der Waals surface area contributed by atoms with Gasteiger partial charge in [0.2, 0.25) is 15.9 Å². The second kappa shape index (κ2) is 6.87. The third-order valence-electron chi connectivity index (χ3n) is 3.86. The summed E-state index contributed by atoms with van der Waals surface area (Å²) in [4.78, 5) is 13.9. The summed E-state index contributed by atoms with van der Waals surface area (Å²) in [6.07, 6.45) is 6.44. The first-order chi connectivity index (χ1) is 9.44. The molecule has 0 aromatic heterocycles. The molecule has 0 aromatic carbocycles. The van der Waals surface area contributed by atoms with E-state index >= 15 is 0 Å². The fraction of sp³-hybridized carbons (Fsp3) is 0.923. The molecule has 1 amide bonds. The number of hydrogen-bond donors (Lipinski definition) is 1. The van der Waals surface area contributed by atoms with E-state index < -0.39 is 10.0 Å². The van der Waals surface area contributed by atoms with Gasteiger partial charge in [0.25, 0.3) is 0 Å². The first-order valence-electron chi connectivity index (χ1n) is 7.31. The van der Waals surface area contributed by atoms with Crippen LogP contribution < -0.4 is 4.72 Å². The molecule has 0 aliphatic carbocycles. The third kappa shape index (κ3) is 5.03. The maximum Gasteiger partial charge on any atom is 0.222 e. The van der Waals surface area contributed by atoms with Crippen molar-refractivity contribution >= 4 is 15.9 Å². The van der Waals surface area contributed by atoms with E-state index in [0.29, 0.717) is 13.0 Å². The lowest BCUT2D eigenvalue weighted by atomic mass is 10.1. The summed E-state index contributed by atoms with van der Waals surface area (Å²) < 4.78 is 30.6. The lowest BCUT2D eigenvalue weighted by Gasteiger charge is -2.33. The summed E-state index contributed by atoms with van der Waals surface area (Å²) in [6, 6.07) is -0.148. The molecule has 1 N–H and O–H groups in total. The van der Waals surface area contributed by atoms with Crippen LogP contribution in [0.1, 0.15) is 38.5 Å². The number of likely N-dealkylation sites (tertiary alicyclic amines) is 1. The van der Waals surface area contributed by atoms with Crippen LogP contribution in [0.3, 0.4) is 0 Å². The Labute approximate surface area is 120 Å². The number of piperidine rings is 1. The van der Waals surface area contributed by atoms with Crippen LogP contribution in [0.15, 0.2) is 0 Å². The highest BCUT2D eigenvalue weighted by atomic mass is 32.2. The van der Waals surface area contributed by atoms with Crippen molar-refractivity contribution in [1.29, 1.82) is 0 Å². The monoisotopic (exact) mass is 304 g/mol. The number of rotatable bonds is 5. The van der Waals surface area contributed by atoms with Crippen molar-refractivity contribution in [3.05, 3.63) is 0 Å². The standard InChI is InChI=1S/C13H24N2O4S/c1-20(17,18)14-11-4-2-8-15(10-11)13(16)7-6-12-5-3-9-19-12/h11-12,14H,2-10H2,1H3/t11-,12-/m1/s1. The second-order valence-electron chi connectivity index (χ2n) is 5.74. The number of hydrogen-bond acceptors (Lipinski definition) is 4. The van der Waals surface area contributed by atoms with Crippen LogP contribution in [0, 0.1) is 0 Å². The Kier molecular flexibility index (Phi) is 5.40. The van der Waals surface area contributed by atoms with Crippen LogP contribution in [0.5, 0.6) is 0 Å². The van der Waals surface area contributed by atoms with E-state index in [0.717, 1.165) is 51.5 Å². The third-order valence-corrected chi connectivity index (χ3v) is 4.62. The van der Waals surface area contributed by atoms with Gasteiger partial charge in [-0.1, -0.05) is 0 Å². The molecule has 2 atom stereocenters. The zero-order valence-corrected chi connectivity index (χ0v) is 12.8. The van der Waals surface area contributed by atoms with Crippen molar-refractivity contribution in [2.45, 2.75) is 50.7 Å². The normalized spacial score (nSPS) is 27.8. The number of carbonyl (C=O) groups is 1. The molecule has 2 aliphatic heterocycles. The first-order valence-corrected chi connectivity index (χ1v) is 9.20.